The zero-order valence-electron chi connectivity index (χ0n) is 4.03. The van der Waals surface area contributed by atoms with Crippen LogP contribution < -0.4 is 0 Å². The van der Waals surface area contributed by atoms with Gasteiger partial charge in [-0.15, -0.1) is 0 Å². The summed E-state index contributed by atoms with van der Waals surface area (Å²) in [5.74, 6) is 0. The fourth-order valence-corrected chi connectivity index (χ4v) is 0.655. The minimum absolute atomic E-state index is 1.31. The first-order valence-corrected chi connectivity index (χ1v) is 2.76. The van der Waals surface area contributed by atoms with E-state index in [4.69, 9.17) is 0 Å². The summed E-state index contributed by atoms with van der Waals surface area (Å²) < 4.78 is 0. The van der Waals surface area contributed by atoms with Crippen molar-refractivity contribution in [2.24, 2.45) is 0 Å². The molecule has 0 spiro atoms. The van der Waals surface area contributed by atoms with Gasteiger partial charge < -0.3 is 0 Å². The third kappa shape index (κ3) is 4.22. The molecule has 0 unspecified atom stereocenters. The predicted molar refractivity (Wildman–Crippen MR) is 32.7 cm³/mol. The summed E-state index contributed by atoms with van der Waals surface area (Å²) in [6.07, 6.45) is 2.00. The van der Waals surface area contributed by atoms with E-state index in [1.165, 1.54) is 5.57 Å². The van der Waals surface area contributed by atoms with Gasteiger partial charge in [0.1, 0.15) is 0 Å². The van der Waals surface area contributed by atoms with Gasteiger partial charge in [0, 0.05) is 5.33 Å². The number of rotatable bonds is 1. The first-order chi connectivity index (χ1) is 2.77. The van der Waals surface area contributed by atoms with Crippen LogP contribution in [0.5, 0.6) is 0 Å². The van der Waals surface area contributed by atoms with Crippen molar-refractivity contribution in [1.82, 2.24) is 0 Å². The molecule has 0 N–H and O–H groups in total. The molecule has 0 fully saturated rings. The normalized spacial score (nSPS) is 7.83. The van der Waals surface area contributed by atoms with Crippen LogP contribution in [0.4, 0.5) is 0 Å². The Bertz CT molecular complexity index is 51.0. The van der Waals surface area contributed by atoms with Gasteiger partial charge in [0.05, 0.1) is 0 Å². The SMILES string of the molecule is CC(C)=C[CH]Br. The molecule has 1 radical (unpaired) electrons. The van der Waals surface area contributed by atoms with Crippen molar-refractivity contribution in [3.63, 3.8) is 0 Å². The Morgan fingerprint density at radius 1 is 1.50 bits per heavy atom. The smallest absolute Gasteiger partial charge is 0.0488 e. The molecule has 35 valence electrons. The van der Waals surface area contributed by atoms with E-state index >= 15 is 0 Å². The fourth-order valence-electron chi connectivity index (χ4n) is 0.126. The summed E-state index contributed by atoms with van der Waals surface area (Å²) in [5.41, 5.74) is 1.31. The molecule has 0 aromatic rings. The topological polar surface area (TPSA) is 0 Å². The monoisotopic (exact) mass is 147 g/mol. The van der Waals surface area contributed by atoms with Crippen LogP contribution in [-0.4, -0.2) is 0 Å². The summed E-state index contributed by atoms with van der Waals surface area (Å²) in [5, 5.41) is 1.85. The van der Waals surface area contributed by atoms with Crippen molar-refractivity contribution in [1.29, 1.82) is 0 Å². The fraction of sp³-hybridized carbons (Fsp3) is 0.400. The molecular formula is C5H8Br. The van der Waals surface area contributed by atoms with Gasteiger partial charge in [0.15, 0.2) is 0 Å². The van der Waals surface area contributed by atoms with Crippen molar-refractivity contribution in [2.75, 3.05) is 0 Å². The van der Waals surface area contributed by atoms with E-state index in [9.17, 15) is 0 Å². The van der Waals surface area contributed by atoms with Crippen LogP contribution in [0, 0.1) is 5.33 Å². The molecule has 0 rings (SSSR count). The van der Waals surface area contributed by atoms with E-state index < -0.39 is 0 Å². The Hall–Kier alpha value is 0.220. The summed E-state index contributed by atoms with van der Waals surface area (Å²) in [6.45, 7) is 4.11. The van der Waals surface area contributed by atoms with Crippen LogP contribution >= 0.6 is 15.9 Å². The van der Waals surface area contributed by atoms with Crippen molar-refractivity contribution < 1.29 is 0 Å². The summed E-state index contributed by atoms with van der Waals surface area (Å²) in [6, 6.07) is 0. The summed E-state index contributed by atoms with van der Waals surface area (Å²) in [4.78, 5) is 0. The lowest BCUT2D eigenvalue weighted by Gasteiger charge is -1.78. The quantitative estimate of drug-likeness (QED) is 0.535. The van der Waals surface area contributed by atoms with Crippen LogP contribution in [0.15, 0.2) is 11.6 Å². The molecule has 0 atom stereocenters. The van der Waals surface area contributed by atoms with Gasteiger partial charge in [-0.3, -0.25) is 0 Å². The number of hydrogen-bond acceptors (Lipinski definition) is 0. The zero-order chi connectivity index (χ0) is 4.99. The van der Waals surface area contributed by atoms with Gasteiger partial charge >= 0.3 is 0 Å². The molecule has 0 aliphatic heterocycles. The van der Waals surface area contributed by atoms with Crippen LogP contribution in [-0.2, 0) is 0 Å². The number of halogens is 1. The highest BCUT2D eigenvalue weighted by Crippen LogP contribution is 1.95. The van der Waals surface area contributed by atoms with Crippen LogP contribution in [0.2, 0.25) is 0 Å². The largest absolute Gasteiger partial charge is 0.0830 e. The molecule has 0 saturated carbocycles. The van der Waals surface area contributed by atoms with Gasteiger partial charge in [-0.25, -0.2) is 0 Å². The van der Waals surface area contributed by atoms with Crippen molar-refractivity contribution >= 4 is 15.9 Å². The molecule has 0 aromatic carbocycles. The predicted octanol–water partition coefficient (Wildman–Crippen LogP) is 2.51. The highest BCUT2D eigenvalue weighted by molar-refractivity contribution is 9.10. The Balaban J connectivity index is 3.14. The number of hydrogen-bond donors (Lipinski definition) is 0. The van der Waals surface area contributed by atoms with Gasteiger partial charge in [-0.1, -0.05) is 27.6 Å². The molecule has 1 heteroatoms. The number of allylic oxidation sites excluding steroid dienone is 2. The maximum Gasteiger partial charge on any atom is 0.0488 e. The van der Waals surface area contributed by atoms with Crippen LogP contribution in [0.25, 0.3) is 0 Å². The van der Waals surface area contributed by atoms with Gasteiger partial charge in [0.2, 0.25) is 0 Å². The summed E-state index contributed by atoms with van der Waals surface area (Å²) in [7, 11) is 0. The average Bonchev–Trinajstić information content (AvgIpc) is 1.35. The van der Waals surface area contributed by atoms with E-state index in [0.717, 1.165) is 0 Å². The lowest BCUT2D eigenvalue weighted by Crippen LogP contribution is -1.56. The van der Waals surface area contributed by atoms with Crippen molar-refractivity contribution in [2.45, 2.75) is 13.8 Å². The molecule has 6 heavy (non-hydrogen) atoms. The standard InChI is InChI=1S/C5H8Br/c1-5(2)3-4-6/h3-4H,1-2H3. The highest BCUT2D eigenvalue weighted by Gasteiger charge is 1.69. The molecule has 0 amide bonds. The molecule has 0 aromatic heterocycles. The molecule has 0 bridgehead atoms. The van der Waals surface area contributed by atoms with Crippen LogP contribution in [0.3, 0.4) is 0 Å². The Kier molecular flexibility index (Phi) is 3.54. The lowest BCUT2D eigenvalue weighted by atomic mass is 10.3. The third-order valence-corrected chi connectivity index (χ3v) is 0.661. The second-order valence-electron chi connectivity index (χ2n) is 1.37. The Morgan fingerprint density at radius 2 is 2.00 bits per heavy atom. The Morgan fingerprint density at radius 3 is 2.00 bits per heavy atom. The van der Waals surface area contributed by atoms with Gasteiger partial charge in [-0.2, -0.15) is 0 Å². The third-order valence-electron chi connectivity index (χ3n) is 0.396. The highest BCUT2D eigenvalue weighted by atomic mass is 79.9. The maximum atomic E-state index is 3.15. The first-order valence-electron chi connectivity index (χ1n) is 1.84. The van der Waals surface area contributed by atoms with Crippen molar-refractivity contribution in [3.05, 3.63) is 17.0 Å². The molecular weight excluding hydrogens is 140 g/mol. The minimum atomic E-state index is 1.31. The van der Waals surface area contributed by atoms with Gasteiger partial charge in [0.25, 0.3) is 0 Å². The molecule has 0 aliphatic carbocycles. The first kappa shape index (κ1) is 6.22. The van der Waals surface area contributed by atoms with Gasteiger partial charge in [-0.05, 0) is 13.8 Å². The van der Waals surface area contributed by atoms with Crippen molar-refractivity contribution in [3.8, 4) is 0 Å². The minimum Gasteiger partial charge on any atom is -0.0830 e. The average molecular weight is 148 g/mol. The molecule has 0 saturated heterocycles. The second kappa shape index (κ2) is 3.41. The molecule has 0 heterocycles. The molecule has 0 nitrogen and oxygen atoms in total. The van der Waals surface area contributed by atoms with Crippen LogP contribution in [0.1, 0.15) is 13.8 Å². The van der Waals surface area contributed by atoms with E-state index in [1.807, 2.05) is 11.4 Å². The maximum absolute atomic E-state index is 3.15. The van der Waals surface area contributed by atoms with E-state index in [0.29, 0.717) is 0 Å². The summed E-state index contributed by atoms with van der Waals surface area (Å²) >= 11 is 3.15. The van der Waals surface area contributed by atoms with E-state index in [2.05, 4.69) is 29.8 Å². The van der Waals surface area contributed by atoms with E-state index in [1.54, 1.807) is 0 Å². The zero-order valence-corrected chi connectivity index (χ0v) is 5.62. The Labute approximate surface area is 47.4 Å². The second-order valence-corrected chi connectivity index (χ2v) is 1.90. The van der Waals surface area contributed by atoms with E-state index in [-0.39, 0.29) is 0 Å². The molecule has 0 aliphatic rings. The lowest BCUT2D eigenvalue weighted by molar-refractivity contribution is 1.39.